The fourth-order valence-corrected chi connectivity index (χ4v) is 1.16. The van der Waals surface area contributed by atoms with E-state index in [0.29, 0.717) is 6.54 Å². The Morgan fingerprint density at radius 1 is 1.75 bits per heavy atom. The molecule has 0 saturated heterocycles. The summed E-state index contributed by atoms with van der Waals surface area (Å²) >= 11 is 0. The van der Waals surface area contributed by atoms with Gasteiger partial charge in [0.05, 0.1) is 6.07 Å². The Labute approximate surface area is 72.4 Å². The van der Waals surface area contributed by atoms with Crippen LogP contribution in [-0.4, -0.2) is 10.6 Å². The molecule has 1 atom stereocenters. The minimum Gasteiger partial charge on any atom is -0.340 e. The molecule has 0 aromatic carbocycles. The van der Waals surface area contributed by atoms with E-state index in [2.05, 4.69) is 6.07 Å². The Morgan fingerprint density at radius 3 is 3.08 bits per heavy atom. The van der Waals surface area contributed by atoms with Crippen molar-refractivity contribution in [1.29, 1.82) is 5.26 Å². The molecule has 1 heterocycles. The third-order valence-electron chi connectivity index (χ3n) is 1.62. The summed E-state index contributed by atoms with van der Waals surface area (Å²) in [7, 11) is 0. The average Bonchev–Trinajstić information content (AvgIpc) is 2.36. The van der Waals surface area contributed by atoms with Crippen molar-refractivity contribution < 1.29 is 0 Å². The van der Waals surface area contributed by atoms with Crippen molar-refractivity contribution in [3.8, 4) is 6.07 Å². The van der Waals surface area contributed by atoms with Gasteiger partial charge in [0.25, 0.3) is 0 Å². The molecule has 3 nitrogen and oxygen atoms in total. The molecule has 0 spiro atoms. The van der Waals surface area contributed by atoms with Gasteiger partial charge in [-0.2, -0.15) is 5.26 Å². The highest BCUT2D eigenvalue weighted by atomic mass is 14.9. The molecule has 64 valence electrons. The zero-order valence-corrected chi connectivity index (χ0v) is 7.20. The van der Waals surface area contributed by atoms with Gasteiger partial charge >= 0.3 is 0 Å². The molecule has 0 aliphatic rings. The highest BCUT2D eigenvalue weighted by Crippen LogP contribution is 2.03. The first-order chi connectivity index (χ1) is 5.72. The summed E-state index contributed by atoms with van der Waals surface area (Å²) in [6.07, 6.45) is 4.74. The number of nitriles is 1. The minimum absolute atomic E-state index is 0.183. The summed E-state index contributed by atoms with van der Waals surface area (Å²) in [5.74, 6) is 0. The summed E-state index contributed by atoms with van der Waals surface area (Å²) in [5.41, 5.74) is 6.83. The van der Waals surface area contributed by atoms with Crippen molar-refractivity contribution in [1.82, 2.24) is 4.57 Å². The van der Waals surface area contributed by atoms with Gasteiger partial charge in [-0.15, -0.1) is 0 Å². The normalized spacial score (nSPS) is 12.4. The smallest absolute Gasteiger partial charge is 0.109 e. The van der Waals surface area contributed by atoms with Gasteiger partial charge in [-0.05, 0) is 25.0 Å². The van der Waals surface area contributed by atoms with Crippen LogP contribution in [0.2, 0.25) is 0 Å². The lowest BCUT2D eigenvalue weighted by Gasteiger charge is -2.00. The van der Waals surface area contributed by atoms with Gasteiger partial charge in [0.1, 0.15) is 6.54 Å². The predicted octanol–water partition coefficient (Wildman–Crippen LogP) is 0.901. The second-order valence-corrected chi connectivity index (χ2v) is 3.03. The van der Waals surface area contributed by atoms with Gasteiger partial charge in [0.2, 0.25) is 0 Å². The van der Waals surface area contributed by atoms with Crippen molar-refractivity contribution in [2.75, 3.05) is 0 Å². The summed E-state index contributed by atoms with van der Waals surface area (Å²) in [6.45, 7) is 2.39. The Kier molecular flexibility index (Phi) is 2.89. The number of nitrogens with two attached hydrogens (primary N) is 1. The summed E-state index contributed by atoms with van der Waals surface area (Å²) in [4.78, 5) is 0. The molecule has 0 bridgehead atoms. The van der Waals surface area contributed by atoms with Crippen LogP contribution < -0.4 is 5.73 Å². The average molecular weight is 163 g/mol. The highest BCUT2D eigenvalue weighted by molar-refractivity contribution is 5.12. The van der Waals surface area contributed by atoms with Crippen molar-refractivity contribution in [3.63, 3.8) is 0 Å². The number of rotatable bonds is 3. The quantitative estimate of drug-likeness (QED) is 0.719. The molecule has 0 aliphatic carbocycles. The number of hydrogen-bond donors (Lipinski definition) is 1. The molecular formula is C9H13N3. The first-order valence-corrected chi connectivity index (χ1v) is 3.99. The van der Waals surface area contributed by atoms with E-state index in [0.717, 1.165) is 6.42 Å². The summed E-state index contributed by atoms with van der Waals surface area (Å²) < 4.78 is 1.86. The number of aromatic nitrogens is 1. The molecule has 0 saturated carbocycles. The zero-order valence-electron chi connectivity index (χ0n) is 7.20. The van der Waals surface area contributed by atoms with Crippen molar-refractivity contribution in [2.45, 2.75) is 25.9 Å². The van der Waals surface area contributed by atoms with Crippen LogP contribution in [0.3, 0.4) is 0 Å². The van der Waals surface area contributed by atoms with E-state index in [4.69, 9.17) is 11.0 Å². The second kappa shape index (κ2) is 3.93. The molecule has 0 fully saturated rings. The minimum atomic E-state index is 0.183. The number of hydrogen-bond acceptors (Lipinski definition) is 2. The lowest BCUT2D eigenvalue weighted by Crippen LogP contribution is -2.17. The van der Waals surface area contributed by atoms with Crippen LogP contribution in [0.5, 0.6) is 0 Å². The summed E-state index contributed by atoms with van der Waals surface area (Å²) in [5, 5.41) is 8.42. The molecular weight excluding hydrogens is 150 g/mol. The van der Waals surface area contributed by atoms with E-state index in [-0.39, 0.29) is 6.04 Å². The van der Waals surface area contributed by atoms with Crippen molar-refractivity contribution in [2.24, 2.45) is 5.73 Å². The molecule has 1 aromatic rings. The van der Waals surface area contributed by atoms with E-state index in [1.807, 2.05) is 30.0 Å². The standard InChI is InChI=1S/C9H13N3/c1-8(11)6-9-2-4-12(7-9)5-3-10/h2,4,7-8H,5-6,11H2,1H3. The van der Waals surface area contributed by atoms with E-state index in [9.17, 15) is 0 Å². The number of nitrogens with zero attached hydrogens (tertiary/aromatic N) is 2. The van der Waals surface area contributed by atoms with Gasteiger partial charge in [-0.3, -0.25) is 0 Å². The maximum absolute atomic E-state index is 8.42. The van der Waals surface area contributed by atoms with Crippen LogP contribution in [0, 0.1) is 11.3 Å². The molecule has 1 rings (SSSR count). The Balaban J connectivity index is 2.59. The molecule has 0 amide bonds. The fourth-order valence-electron chi connectivity index (χ4n) is 1.16. The Morgan fingerprint density at radius 2 is 2.50 bits per heavy atom. The van der Waals surface area contributed by atoms with E-state index in [1.165, 1.54) is 5.56 Å². The Bertz CT molecular complexity index is 280. The van der Waals surface area contributed by atoms with Crippen LogP contribution >= 0.6 is 0 Å². The maximum Gasteiger partial charge on any atom is 0.109 e. The second-order valence-electron chi connectivity index (χ2n) is 3.03. The first kappa shape index (κ1) is 8.82. The molecule has 3 heteroatoms. The van der Waals surface area contributed by atoms with Crippen LogP contribution in [-0.2, 0) is 13.0 Å². The van der Waals surface area contributed by atoms with Gasteiger partial charge in [-0.25, -0.2) is 0 Å². The monoisotopic (exact) mass is 163 g/mol. The van der Waals surface area contributed by atoms with E-state index in [1.54, 1.807) is 0 Å². The fraction of sp³-hybridized carbons (Fsp3) is 0.444. The maximum atomic E-state index is 8.42. The van der Waals surface area contributed by atoms with Crippen LogP contribution in [0.1, 0.15) is 12.5 Å². The van der Waals surface area contributed by atoms with Crippen LogP contribution in [0.15, 0.2) is 18.5 Å². The molecule has 2 N–H and O–H groups in total. The predicted molar refractivity (Wildman–Crippen MR) is 47.4 cm³/mol. The third-order valence-corrected chi connectivity index (χ3v) is 1.62. The lowest BCUT2D eigenvalue weighted by atomic mass is 10.1. The molecule has 1 aromatic heterocycles. The van der Waals surface area contributed by atoms with Crippen molar-refractivity contribution in [3.05, 3.63) is 24.0 Å². The van der Waals surface area contributed by atoms with E-state index < -0.39 is 0 Å². The third kappa shape index (κ3) is 2.40. The zero-order chi connectivity index (χ0) is 8.97. The van der Waals surface area contributed by atoms with Crippen molar-refractivity contribution >= 4 is 0 Å². The van der Waals surface area contributed by atoms with Crippen LogP contribution in [0.4, 0.5) is 0 Å². The van der Waals surface area contributed by atoms with Crippen LogP contribution in [0.25, 0.3) is 0 Å². The van der Waals surface area contributed by atoms with Gasteiger partial charge in [-0.1, -0.05) is 0 Å². The SMILES string of the molecule is CC(N)Cc1ccn(CC#N)c1. The summed E-state index contributed by atoms with van der Waals surface area (Å²) in [6, 6.07) is 4.27. The first-order valence-electron chi connectivity index (χ1n) is 3.99. The highest BCUT2D eigenvalue weighted by Gasteiger charge is 1.99. The molecule has 12 heavy (non-hydrogen) atoms. The Hall–Kier alpha value is -1.27. The van der Waals surface area contributed by atoms with Gasteiger partial charge in [0.15, 0.2) is 0 Å². The molecule has 0 radical (unpaired) electrons. The molecule has 1 unspecified atom stereocenters. The largest absolute Gasteiger partial charge is 0.340 e. The van der Waals surface area contributed by atoms with Gasteiger partial charge in [0, 0.05) is 18.4 Å². The molecule has 0 aliphatic heterocycles. The van der Waals surface area contributed by atoms with E-state index >= 15 is 0 Å². The lowest BCUT2D eigenvalue weighted by molar-refractivity contribution is 0.734. The topological polar surface area (TPSA) is 54.7 Å². The van der Waals surface area contributed by atoms with Gasteiger partial charge < -0.3 is 10.3 Å².